The Balaban J connectivity index is 1.96. The Morgan fingerprint density at radius 3 is 2.60 bits per heavy atom. The van der Waals surface area contributed by atoms with E-state index in [0.717, 1.165) is 29.5 Å². The van der Waals surface area contributed by atoms with Crippen LogP contribution in [0.15, 0.2) is 54.6 Å². The largest absolute Gasteiger partial charge is 0.760 e. The quantitative estimate of drug-likeness (QED) is 0.562. The van der Waals surface area contributed by atoms with Crippen LogP contribution in [0.3, 0.4) is 0 Å². The van der Waals surface area contributed by atoms with E-state index in [-0.39, 0.29) is 24.3 Å². The monoisotopic (exact) mass is 428 g/mol. The summed E-state index contributed by atoms with van der Waals surface area (Å²) in [6.07, 6.45) is 2.67. The Bertz CT molecular complexity index is 877. The van der Waals surface area contributed by atoms with Crippen LogP contribution in [-0.2, 0) is 22.5 Å². The molecule has 3 rings (SSSR count). The van der Waals surface area contributed by atoms with E-state index in [0.29, 0.717) is 19.4 Å². The van der Waals surface area contributed by atoms with Crippen LogP contribution < -0.4 is 15.8 Å². The van der Waals surface area contributed by atoms with E-state index < -0.39 is 16.8 Å². The van der Waals surface area contributed by atoms with Gasteiger partial charge in [-0.3, -0.25) is 9.00 Å². The molecule has 4 atom stereocenters. The Labute approximate surface area is 181 Å². The fourth-order valence-corrected chi connectivity index (χ4v) is 5.38. The van der Waals surface area contributed by atoms with Crippen molar-refractivity contribution in [3.8, 4) is 11.1 Å². The highest BCUT2D eigenvalue weighted by molar-refractivity contribution is 7.77. The molecule has 162 valence electrons. The number of carbonyl (C=O) groups excluding carboxylic acids is 1. The molecule has 0 heterocycles. The van der Waals surface area contributed by atoms with Gasteiger partial charge in [-0.15, -0.1) is 0 Å². The van der Waals surface area contributed by atoms with E-state index in [1.165, 1.54) is 0 Å². The van der Waals surface area contributed by atoms with Crippen molar-refractivity contribution in [1.82, 2.24) is 10.0 Å². The number of nitrogens with two attached hydrogens (primary N) is 1. The zero-order valence-electron chi connectivity index (χ0n) is 17.3. The molecule has 30 heavy (non-hydrogen) atoms. The van der Waals surface area contributed by atoms with Gasteiger partial charge in [0, 0.05) is 35.8 Å². The van der Waals surface area contributed by atoms with Crippen molar-refractivity contribution in [2.45, 2.75) is 38.1 Å². The van der Waals surface area contributed by atoms with Crippen LogP contribution in [0.2, 0.25) is 0 Å². The molecule has 7 heteroatoms. The molecule has 1 amide bonds. The molecule has 0 spiro atoms. The molecule has 2 aromatic carbocycles. The van der Waals surface area contributed by atoms with Crippen molar-refractivity contribution in [2.24, 2.45) is 17.6 Å². The Kier molecular flexibility index (Phi) is 7.77. The summed E-state index contributed by atoms with van der Waals surface area (Å²) >= 11 is -2.46. The van der Waals surface area contributed by atoms with Crippen LogP contribution >= 0.6 is 0 Å². The second kappa shape index (κ2) is 10.3. The molecular formula is C23H30N3O3S-. The number of carbonyl (C=O) groups is 1. The minimum Gasteiger partial charge on any atom is -0.760 e. The van der Waals surface area contributed by atoms with Gasteiger partial charge >= 0.3 is 0 Å². The van der Waals surface area contributed by atoms with Gasteiger partial charge in [-0.05, 0) is 48.8 Å². The minimum atomic E-state index is -2.46. The van der Waals surface area contributed by atoms with Crippen molar-refractivity contribution in [3.05, 3.63) is 60.2 Å². The number of hydrogen-bond donors (Lipinski definition) is 3. The topological polar surface area (TPSA) is 107 Å². The van der Waals surface area contributed by atoms with E-state index >= 15 is 0 Å². The third-order valence-electron chi connectivity index (χ3n) is 6.16. The zero-order chi connectivity index (χ0) is 21.6. The minimum absolute atomic E-state index is 0.0299. The van der Waals surface area contributed by atoms with Crippen LogP contribution in [0.25, 0.3) is 11.1 Å². The smallest absolute Gasteiger partial charge is 0.223 e. The maximum Gasteiger partial charge on any atom is 0.223 e. The molecule has 0 bridgehead atoms. The molecule has 1 aliphatic carbocycles. The maximum absolute atomic E-state index is 12.8. The van der Waals surface area contributed by atoms with Crippen LogP contribution in [0.5, 0.6) is 0 Å². The highest BCUT2D eigenvalue weighted by atomic mass is 32.2. The van der Waals surface area contributed by atoms with Crippen LogP contribution in [0.1, 0.15) is 31.7 Å². The zero-order valence-corrected chi connectivity index (χ0v) is 18.1. The molecule has 0 aliphatic heterocycles. The number of hydrogen-bond acceptors (Lipinski definition) is 4. The van der Waals surface area contributed by atoms with Gasteiger partial charge in [-0.2, -0.15) is 0 Å². The number of nitrogens with one attached hydrogen (secondary N) is 2. The van der Waals surface area contributed by atoms with Gasteiger partial charge in [-0.1, -0.05) is 61.0 Å². The summed E-state index contributed by atoms with van der Waals surface area (Å²) in [6, 6.07) is 18.3. The van der Waals surface area contributed by atoms with Gasteiger partial charge in [-0.25, -0.2) is 4.72 Å². The maximum atomic E-state index is 12.8. The molecule has 6 nitrogen and oxygen atoms in total. The number of rotatable bonds is 8. The van der Waals surface area contributed by atoms with E-state index in [9.17, 15) is 13.6 Å². The van der Waals surface area contributed by atoms with Gasteiger partial charge in [0.2, 0.25) is 5.91 Å². The van der Waals surface area contributed by atoms with Gasteiger partial charge in [0.25, 0.3) is 0 Å². The molecular weight excluding hydrogens is 398 g/mol. The lowest BCUT2D eigenvalue weighted by atomic mass is 9.64. The predicted molar refractivity (Wildman–Crippen MR) is 119 cm³/mol. The van der Waals surface area contributed by atoms with E-state index in [2.05, 4.69) is 34.3 Å². The first-order valence-electron chi connectivity index (χ1n) is 10.5. The third kappa shape index (κ3) is 5.16. The van der Waals surface area contributed by atoms with Crippen LogP contribution in [0.4, 0.5) is 0 Å². The highest BCUT2D eigenvalue weighted by Gasteiger charge is 2.47. The van der Waals surface area contributed by atoms with Crippen molar-refractivity contribution in [1.29, 1.82) is 0 Å². The normalized spacial score (nSPS) is 24.9. The summed E-state index contributed by atoms with van der Waals surface area (Å²) in [5.74, 6) is -0.553. The lowest BCUT2D eigenvalue weighted by molar-refractivity contribution is -0.129. The Morgan fingerprint density at radius 2 is 1.93 bits per heavy atom. The fourth-order valence-electron chi connectivity index (χ4n) is 4.72. The molecule has 1 fully saturated rings. The average molecular weight is 429 g/mol. The Morgan fingerprint density at radius 1 is 1.20 bits per heavy atom. The first-order valence-corrected chi connectivity index (χ1v) is 11.6. The molecule has 0 aromatic heterocycles. The summed E-state index contributed by atoms with van der Waals surface area (Å²) < 4.78 is 25.9. The summed E-state index contributed by atoms with van der Waals surface area (Å²) in [5.41, 5.74) is 8.57. The second-order valence-electron chi connectivity index (χ2n) is 7.97. The third-order valence-corrected chi connectivity index (χ3v) is 6.74. The van der Waals surface area contributed by atoms with Crippen LogP contribution in [0, 0.1) is 11.8 Å². The van der Waals surface area contributed by atoms with Crippen molar-refractivity contribution >= 4 is 17.2 Å². The lowest BCUT2D eigenvalue weighted by Gasteiger charge is -2.48. The Hall–Kier alpha value is -2.06. The van der Waals surface area contributed by atoms with Gasteiger partial charge in [0.15, 0.2) is 0 Å². The SMILES string of the molecule is CCNC(=O)C1CCC[C@@](CN)(NS(=O)[O-])[C@H]1Cc1cccc(-c2ccccc2)c1. The molecule has 2 aromatic rings. The molecule has 2 unspecified atom stereocenters. The van der Waals surface area contributed by atoms with E-state index in [1.54, 1.807) is 0 Å². The fraction of sp³-hybridized carbons (Fsp3) is 0.435. The molecule has 0 saturated heterocycles. The first-order chi connectivity index (χ1) is 14.5. The predicted octanol–water partition coefficient (Wildman–Crippen LogP) is 2.53. The van der Waals surface area contributed by atoms with E-state index in [1.807, 2.05) is 37.3 Å². The van der Waals surface area contributed by atoms with E-state index in [4.69, 9.17) is 5.73 Å². The summed E-state index contributed by atoms with van der Waals surface area (Å²) in [4.78, 5) is 12.8. The molecule has 1 saturated carbocycles. The van der Waals surface area contributed by atoms with Gasteiger partial charge in [0.1, 0.15) is 0 Å². The molecule has 4 N–H and O–H groups in total. The van der Waals surface area contributed by atoms with Crippen molar-refractivity contribution in [2.75, 3.05) is 13.1 Å². The second-order valence-corrected chi connectivity index (χ2v) is 8.64. The summed E-state index contributed by atoms with van der Waals surface area (Å²) in [6.45, 7) is 2.59. The van der Waals surface area contributed by atoms with Crippen molar-refractivity contribution < 1.29 is 13.6 Å². The number of benzene rings is 2. The van der Waals surface area contributed by atoms with Crippen molar-refractivity contribution in [3.63, 3.8) is 0 Å². The standard InChI is InChI=1S/C23H31N3O3S/c1-2-25-22(27)20-12-7-13-23(16-24,26-30(28)29)21(20)15-17-8-6-11-19(14-17)18-9-4-3-5-10-18/h3-6,8-11,14,20-21,26H,2,7,12-13,15-16,24H2,1H3,(H,25,27)(H,28,29)/p-1/t20?,21-,23-/m0/s1. The van der Waals surface area contributed by atoms with Gasteiger partial charge < -0.3 is 15.6 Å². The molecule has 1 aliphatic rings. The summed E-state index contributed by atoms with van der Waals surface area (Å²) in [5, 5.41) is 2.92. The first kappa shape index (κ1) is 22.6. The highest BCUT2D eigenvalue weighted by Crippen LogP contribution is 2.40. The number of amides is 1. The summed E-state index contributed by atoms with van der Waals surface area (Å²) in [7, 11) is 0. The average Bonchev–Trinajstić information content (AvgIpc) is 2.75. The lowest BCUT2D eigenvalue weighted by Crippen LogP contribution is -2.62. The van der Waals surface area contributed by atoms with Crippen LogP contribution in [-0.4, -0.2) is 33.3 Å². The molecule has 0 radical (unpaired) electrons. The van der Waals surface area contributed by atoms with Gasteiger partial charge in [0.05, 0.1) is 0 Å².